The van der Waals surface area contributed by atoms with Gasteiger partial charge >= 0.3 is 0 Å². The lowest BCUT2D eigenvalue weighted by atomic mass is 9.64. The Hall–Kier alpha value is -4.04. The number of hydrogen-bond acceptors (Lipinski definition) is 2. The van der Waals surface area contributed by atoms with Gasteiger partial charge in [-0.2, -0.15) is 0 Å². The van der Waals surface area contributed by atoms with Gasteiger partial charge in [0.25, 0.3) is 0 Å². The fourth-order valence-corrected chi connectivity index (χ4v) is 4.72. The second-order valence-electron chi connectivity index (χ2n) is 7.76. The molecule has 0 unspecified atom stereocenters. The molecule has 0 bridgehead atoms. The molecule has 0 aliphatic heterocycles. The van der Waals surface area contributed by atoms with Crippen LogP contribution < -0.4 is 5.73 Å². The molecule has 0 heterocycles. The number of fused-ring (bicyclic) bond motifs is 1. The van der Waals surface area contributed by atoms with Crippen molar-refractivity contribution in [2.45, 2.75) is 5.41 Å². The molecule has 2 nitrogen and oxygen atoms in total. The predicted molar refractivity (Wildman–Crippen MR) is 128 cm³/mol. The average Bonchev–Trinajstić information content (AvgIpc) is 2.85. The van der Waals surface area contributed by atoms with E-state index in [2.05, 4.69) is 78.9 Å². The Kier molecular flexibility index (Phi) is 4.68. The maximum atomic E-state index is 10.7. The van der Waals surface area contributed by atoms with Crippen LogP contribution in [0.25, 0.3) is 10.8 Å². The van der Waals surface area contributed by atoms with Crippen LogP contribution in [0.3, 0.4) is 0 Å². The fraction of sp³-hybridized carbons (Fsp3) is 0.0345. The van der Waals surface area contributed by atoms with E-state index in [4.69, 9.17) is 5.73 Å². The first kappa shape index (κ1) is 19.0. The zero-order valence-corrected chi connectivity index (χ0v) is 17.1. The summed E-state index contributed by atoms with van der Waals surface area (Å²) in [5.41, 5.74) is 10.6. The number of rotatable bonds is 4. The lowest BCUT2D eigenvalue weighted by molar-refractivity contribution is 0.484. The summed E-state index contributed by atoms with van der Waals surface area (Å²) in [7, 11) is 0. The van der Waals surface area contributed by atoms with Gasteiger partial charge in [0.15, 0.2) is 0 Å². The van der Waals surface area contributed by atoms with Gasteiger partial charge in [0.1, 0.15) is 5.75 Å². The Balaban J connectivity index is 2.03. The minimum atomic E-state index is -0.606. The normalized spacial score (nSPS) is 11.5. The van der Waals surface area contributed by atoms with Gasteiger partial charge in [0, 0.05) is 5.39 Å². The van der Waals surface area contributed by atoms with Crippen LogP contribution in [0.5, 0.6) is 5.75 Å². The highest BCUT2D eigenvalue weighted by molar-refractivity contribution is 5.97. The maximum Gasteiger partial charge on any atom is 0.146 e. The lowest BCUT2D eigenvalue weighted by Gasteiger charge is -2.38. The monoisotopic (exact) mass is 401 g/mol. The Morgan fingerprint density at radius 2 is 0.903 bits per heavy atom. The molecule has 0 atom stereocenters. The molecule has 5 aromatic rings. The van der Waals surface area contributed by atoms with E-state index in [1.807, 2.05) is 42.5 Å². The second-order valence-corrected chi connectivity index (χ2v) is 7.76. The number of aromatic hydroxyl groups is 1. The third-order valence-electron chi connectivity index (χ3n) is 6.07. The zero-order valence-electron chi connectivity index (χ0n) is 17.1. The molecule has 0 fully saturated rings. The standard InChI is InChI=1S/C29H23NO/c30-27-20-26(24-18-10-11-19-25(24)28(27)31)29(21-12-4-1-5-13-21,22-14-6-2-7-15-22)23-16-8-3-9-17-23/h1-20,31H,30H2. The van der Waals surface area contributed by atoms with Crippen LogP contribution in [0, 0.1) is 0 Å². The van der Waals surface area contributed by atoms with Gasteiger partial charge in [0.2, 0.25) is 0 Å². The quantitative estimate of drug-likeness (QED) is 0.205. The molecule has 150 valence electrons. The van der Waals surface area contributed by atoms with E-state index in [1.54, 1.807) is 0 Å². The summed E-state index contributed by atoms with van der Waals surface area (Å²) < 4.78 is 0. The van der Waals surface area contributed by atoms with Crippen molar-refractivity contribution in [3.63, 3.8) is 0 Å². The first-order valence-corrected chi connectivity index (χ1v) is 10.4. The highest BCUT2D eigenvalue weighted by Gasteiger charge is 2.39. The van der Waals surface area contributed by atoms with Crippen LogP contribution in [0.4, 0.5) is 5.69 Å². The van der Waals surface area contributed by atoms with Gasteiger partial charge in [-0.15, -0.1) is 0 Å². The van der Waals surface area contributed by atoms with Crippen molar-refractivity contribution in [1.82, 2.24) is 0 Å². The molecule has 0 saturated heterocycles. The summed E-state index contributed by atoms with van der Waals surface area (Å²) in [6.07, 6.45) is 0. The van der Waals surface area contributed by atoms with E-state index in [0.717, 1.165) is 33.0 Å². The molecule has 0 aromatic heterocycles. The van der Waals surface area contributed by atoms with Gasteiger partial charge in [-0.05, 0) is 33.7 Å². The SMILES string of the molecule is Nc1cc(C(c2ccccc2)(c2ccccc2)c2ccccc2)c2ccccc2c1O. The molecular formula is C29H23NO. The lowest BCUT2D eigenvalue weighted by Crippen LogP contribution is -2.31. The summed E-state index contributed by atoms with van der Waals surface area (Å²) in [6.45, 7) is 0. The smallest absolute Gasteiger partial charge is 0.146 e. The largest absolute Gasteiger partial charge is 0.505 e. The van der Waals surface area contributed by atoms with E-state index in [0.29, 0.717) is 5.69 Å². The van der Waals surface area contributed by atoms with Gasteiger partial charge in [0.05, 0.1) is 11.1 Å². The zero-order chi connectivity index (χ0) is 21.3. The van der Waals surface area contributed by atoms with E-state index in [1.165, 1.54) is 0 Å². The highest BCUT2D eigenvalue weighted by Crippen LogP contribution is 2.49. The number of nitrogens with two attached hydrogens (primary N) is 1. The summed E-state index contributed by atoms with van der Waals surface area (Å²) in [4.78, 5) is 0. The van der Waals surface area contributed by atoms with Gasteiger partial charge in [-0.1, -0.05) is 115 Å². The molecule has 5 aromatic carbocycles. The summed E-state index contributed by atoms with van der Waals surface area (Å²) >= 11 is 0. The van der Waals surface area contributed by atoms with E-state index in [9.17, 15) is 5.11 Å². The summed E-state index contributed by atoms with van der Waals surface area (Å²) in [5.74, 6) is 0.127. The number of benzene rings is 5. The molecule has 0 spiro atoms. The number of phenolic OH excluding ortho intramolecular Hbond substituents is 1. The molecule has 0 amide bonds. The van der Waals surface area contributed by atoms with Crippen molar-refractivity contribution >= 4 is 16.5 Å². The van der Waals surface area contributed by atoms with Crippen LogP contribution in [0.2, 0.25) is 0 Å². The first-order valence-electron chi connectivity index (χ1n) is 10.4. The van der Waals surface area contributed by atoms with Gasteiger partial charge in [-0.3, -0.25) is 0 Å². The van der Waals surface area contributed by atoms with Crippen molar-refractivity contribution in [3.05, 3.63) is 144 Å². The van der Waals surface area contributed by atoms with Crippen LogP contribution in [-0.4, -0.2) is 5.11 Å². The minimum absolute atomic E-state index is 0.127. The van der Waals surface area contributed by atoms with Crippen LogP contribution >= 0.6 is 0 Å². The van der Waals surface area contributed by atoms with Crippen LogP contribution in [-0.2, 0) is 5.41 Å². The van der Waals surface area contributed by atoms with Crippen molar-refractivity contribution in [2.75, 3.05) is 5.73 Å². The van der Waals surface area contributed by atoms with Gasteiger partial charge < -0.3 is 10.8 Å². The van der Waals surface area contributed by atoms with Crippen molar-refractivity contribution < 1.29 is 5.11 Å². The average molecular weight is 402 g/mol. The number of anilines is 1. The molecule has 2 heteroatoms. The Morgan fingerprint density at radius 1 is 0.516 bits per heavy atom. The third kappa shape index (κ3) is 2.96. The first-order chi connectivity index (χ1) is 15.2. The Labute approximate surface area is 182 Å². The van der Waals surface area contributed by atoms with Crippen molar-refractivity contribution in [1.29, 1.82) is 0 Å². The third-order valence-corrected chi connectivity index (χ3v) is 6.07. The fourth-order valence-electron chi connectivity index (χ4n) is 4.72. The van der Waals surface area contributed by atoms with Gasteiger partial charge in [-0.25, -0.2) is 0 Å². The minimum Gasteiger partial charge on any atom is -0.505 e. The van der Waals surface area contributed by atoms with Crippen molar-refractivity contribution in [3.8, 4) is 5.75 Å². The van der Waals surface area contributed by atoms with E-state index >= 15 is 0 Å². The Bertz CT molecular complexity index is 1230. The second kappa shape index (κ2) is 7.66. The van der Waals surface area contributed by atoms with Crippen molar-refractivity contribution in [2.24, 2.45) is 0 Å². The molecule has 0 saturated carbocycles. The topological polar surface area (TPSA) is 46.2 Å². The predicted octanol–water partition coefficient (Wildman–Crippen LogP) is 6.51. The van der Waals surface area contributed by atoms with Crippen LogP contribution in [0.1, 0.15) is 22.3 Å². The van der Waals surface area contributed by atoms with E-state index < -0.39 is 5.41 Å². The summed E-state index contributed by atoms with van der Waals surface area (Å²) in [5, 5.41) is 12.5. The highest BCUT2D eigenvalue weighted by atomic mass is 16.3. The number of hydrogen-bond donors (Lipinski definition) is 2. The maximum absolute atomic E-state index is 10.7. The summed E-state index contributed by atoms with van der Waals surface area (Å²) in [6, 6.07) is 41.4. The molecule has 0 aliphatic rings. The molecule has 0 aliphatic carbocycles. The van der Waals surface area contributed by atoms with E-state index in [-0.39, 0.29) is 5.75 Å². The van der Waals surface area contributed by atoms with Crippen LogP contribution in [0.15, 0.2) is 121 Å². The molecule has 31 heavy (non-hydrogen) atoms. The number of phenols is 1. The molecule has 5 rings (SSSR count). The number of nitrogen functional groups attached to an aromatic ring is 1. The molecular weight excluding hydrogens is 378 g/mol. The molecule has 3 N–H and O–H groups in total. The Morgan fingerprint density at radius 3 is 1.35 bits per heavy atom. The molecule has 0 radical (unpaired) electrons.